The molecule has 1 fully saturated rings. The predicted octanol–water partition coefficient (Wildman–Crippen LogP) is 5.09. The Morgan fingerprint density at radius 2 is 2.09 bits per heavy atom. The normalized spacial score (nSPS) is 39.3. The molecule has 124 valence electrons. The molecule has 2 heteroatoms. The first kappa shape index (κ1) is 17.5. The van der Waals surface area contributed by atoms with Crippen LogP contribution in [0.5, 0.6) is 0 Å². The summed E-state index contributed by atoms with van der Waals surface area (Å²) in [5, 5.41) is 0. The van der Waals surface area contributed by atoms with E-state index < -0.39 is 0 Å². The monoisotopic (exact) mass is 304 g/mol. The number of epoxide rings is 1. The van der Waals surface area contributed by atoms with Crippen molar-refractivity contribution in [2.45, 2.75) is 78.4 Å². The Labute approximate surface area is 136 Å². The molecule has 1 unspecified atom stereocenters. The van der Waals surface area contributed by atoms with E-state index in [1.807, 2.05) is 6.92 Å². The fourth-order valence-electron chi connectivity index (χ4n) is 3.56. The molecule has 0 aromatic carbocycles. The zero-order valence-corrected chi connectivity index (χ0v) is 14.9. The van der Waals surface area contributed by atoms with Gasteiger partial charge < -0.3 is 4.74 Å². The van der Waals surface area contributed by atoms with Gasteiger partial charge in [0.15, 0.2) is 0 Å². The van der Waals surface area contributed by atoms with Crippen molar-refractivity contribution >= 4 is 5.78 Å². The number of hydrogen-bond donors (Lipinski definition) is 0. The van der Waals surface area contributed by atoms with E-state index >= 15 is 0 Å². The van der Waals surface area contributed by atoms with E-state index in [0.29, 0.717) is 30.1 Å². The van der Waals surface area contributed by atoms with Crippen LogP contribution in [0.25, 0.3) is 0 Å². The Hall–Kier alpha value is -0.890. The Bertz CT molecular complexity index is 474. The Kier molecular flexibility index (Phi) is 5.32. The van der Waals surface area contributed by atoms with Gasteiger partial charge in [0.2, 0.25) is 0 Å². The summed E-state index contributed by atoms with van der Waals surface area (Å²) in [4.78, 5) is 12.7. The highest BCUT2D eigenvalue weighted by Crippen LogP contribution is 2.45. The number of ether oxygens (including phenoxy) is 1. The van der Waals surface area contributed by atoms with Gasteiger partial charge in [0.1, 0.15) is 5.78 Å². The van der Waals surface area contributed by atoms with Crippen molar-refractivity contribution in [1.82, 2.24) is 0 Å². The second-order valence-electron chi connectivity index (χ2n) is 7.99. The number of rotatable bonds is 2. The third kappa shape index (κ3) is 4.10. The van der Waals surface area contributed by atoms with Crippen LogP contribution in [0.4, 0.5) is 0 Å². The molecule has 0 radical (unpaired) electrons. The molecule has 0 aromatic rings. The average molecular weight is 304 g/mol. The smallest absolute Gasteiger partial charge is 0.144 e. The van der Waals surface area contributed by atoms with E-state index in [-0.39, 0.29) is 11.5 Å². The molecule has 0 N–H and O–H groups in total. The lowest BCUT2D eigenvalue weighted by Crippen LogP contribution is -2.20. The number of carbonyl (C=O) groups is 1. The molecule has 0 saturated carbocycles. The van der Waals surface area contributed by atoms with Gasteiger partial charge in [0.05, 0.1) is 17.6 Å². The number of hydrogen-bond acceptors (Lipinski definition) is 2. The second-order valence-corrected chi connectivity index (χ2v) is 7.99. The summed E-state index contributed by atoms with van der Waals surface area (Å²) in [5.41, 5.74) is 2.42. The lowest BCUT2D eigenvalue weighted by atomic mass is 9.82. The standard InChI is InChI=1S/C20H32O2/c1-13(2)16-9-10-20(6)19(22-20)8-7-15(5)11-18(21)17(12-16)14(3)4/h12-13,15,17,19H,3,7-11H2,1-2,4-6H3/b16-12+/t15-,17?,19+,20-/m0/s1. The van der Waals surface area contributed by atoms with Gasteiger partial charge in [-0.1, -0.05) is 44.6 Å². The zero-order valence-electron chi connectivity index (χ0n) is 14.9. The summed E-state index contributed by atoms with van der Waals surface area (Å²) >= 11 is 0. The van der Waals surface area contributed by atoms with Crippen molar-refractivity contribution in [2.75, 3.05) is 0 Å². The number of allylic oxidation sites excluding steroid dienone is 3. The maximum atomic E-state index is 12.7. The fourth-order valence-corrected chi connectivity index (χ4v) is 3.56. The summed E-state index contributed by atoms with van der Waals surface area (Å²) in [5.74, 6) is 1.12. The lowest BCUT2D eigenvalue weighted by Gasteiger charge is -2.21. The van der Waals surface area contributed by atoms with Crippen molar-refractivity contribution in [3.8, 4) is 0 Å². The molecule has 4 atom stereocenters. The van der Waals surface area contributed by atoms with E-state index in [2.05, 4.69) is 40.3 Å². The highest BCUT2D eigenvalue weighted by Gasteiger charge is 2.51. The van der Waals surface area contributed by atoms with Crippen molar-refractivity contribution in [2.24, 2.45) is 17.8 Å². The number of fused-ring (bicyclic) bond motifs is 1. The Morgan fingerprint density at radius 1 is 1.41 bits per heavy atom. The van der Waals surface area contributed by atoms with E-state index in [9.17, 15) is 4.79 Å². The van der Waals surface area contributed by atoms with Crippen molar-refractivity contribution in [3.05, 3.63) is 23.8 Å². The van der Waals surface area contributed by atoms with Gasteiger partial charge >= 0.3 is 0 Å². The van der Waals surface area contributed by atoms with Gasteiger partial charge in [0.25, 0.3) is 0 Å². The van der Waals surface area contributed by atoms with E-state index in [0.717, 1.165) is 31.3 Å². The van der Waals surface area contributed by atoms with Gasteiger partial charge in [-0.25, -0.2) is 0 Å². The molecule has 1 aliphatic heterocycles. The predicted molar refractivity (Wildman–Crippen MR) is 91.8 cm³/mol. The van der Waals surface area contributed by atoms with Crippen molar-refractivity contribution in [3.63, 3.8) is 0 Å². The number of carbonyl (C=O) groups excluding carboxylic acids is 1. The Balaban J connectivity index is 2.26. The first-order chi connectivity index (χ1) is 10.2. The molecule has 1 heterocycles. The Morgan fingerprint density at radius 3 is 2.68 bits per heavy atom. The van der Waals surface area contributed by atoms with Crippen molar-refractivity contribution in [1.29, 1.82) is 0 Å². The van der Waals surface area contributed by atoms with Gasteiger partial charge in [-0.2, -0.15) is 0 Å². The van der Waals surface area contributed by atoms with Crippen LogP contribution in [0.3, 0.4) is 0 Å². The van der Waals surface area contributed by atoms with Crippen LogP contribution >= 0.6 is 0 Å². The molecule has 0 amide bonds. The molecular weight excluding hydrogens is 272 g/mol. The molecular formula is C20H32O2. The van der Waals surface area contributed by atoms with E-state index in [1.165, 1.54) is 5.57 Å². The van der Waals surface area contributed by atoms with Gasteiger partial charge in [-0.15, -0.1) is 0 Å². The van der Waals surface area contributed by atoms with Crippen molar-refractivity contribution < 1.29 is 9.53 Å². The van der Waals surface area contributed by atoms with Gasteiger partial charge in [0, 0.05) is 6.42 Å². The van der Waals surface area contributed by atoms with Gasteiger partial charge in [-0.3, -0.25) is 4.79 Å². The minimum absolute atomic E-state index is 0.0651. The second kappa shape index (κ2) is 6.70. The minimum Gasteiger partial charge on any atom is -0.366 e. The number of ketones is 1. The van der Waals surface area contributed by atoms with Crippen LogP contribution in [0.1, 0.15) is 66.7 Å². The summed E-state index contributed by atoms with van der Waals surface area (Å²) in [6.07, 6.45) is 7.51. The molecule has 2 rings (SSSR count). The average Bonchev–Trinajstić information content (AvgIpc) is 3.05. The minimum atomic E-state index is -0.108. The first-order valence-corrected chi connectivity index (χ1v) is 8.79. The maximum absolute atomic E-state index is 12.7. The highest BCUT2D eigenvalue weighted by molar-refractivity contribution is 5.85. The molecule has 2 aliphatic rings. The number of Topliss-reactive ketones (excluding diaryl/α,β-unsaturated/α-hetero) is 1. The fraction of sp³-hybridized carbons (Fsp3) is 0.750. The summed E-state index contributed by atoms with van der Waals surface area (Å²) in [6.45, 7) is 14.9. The summed E-state index contributed by atoms with van der Waals surface area (Å²) < 4.78 is 5.97. The largest absolute Gasteiger partial charge is 0.366 e. The third-order valence-corrected chi connectivity index (χ3v) is 5.42. The van der Waals surface area contributed by atoms with Crippen LogP contribution in [0.15, 0.2) is 23.8 Å². The quantitative estimate of drug-likeness (QED) is 0.525. The van der Waals surface area contributed by atoms with Crippen LogP contribution in [-0.2, 0) is 9.53 Å². The molecule has 0 spiro atoms. The van der Waals surface area contributed by atoms with E-state index in [1.54, 1.807) is 0 Å². The zero-order chi connectivity index (χ0) is 16.5. The first-order valence-electron chi connectivity index (χ1n) is 8.79. The van der Waals surface area contributed by atoms with E-state index in [4.69, 9.17) is 4.74 Å². The lowest BCUT2D eigenvalue weighted by molar-refractivity contribution is -0.121. The van der Waals surface area contributed by atoms with Crippen LogP contribution < -0.4 is 0 Å². The molecule has 0 aromatic heterocycles. The molecule has 2 nitrogen and oxygen atoms in total. The summed E-state index contributed by atoms with van der Waals surface area (Å²) in [7, 11) is 0. The van der Waals surface area contributed by atoms with Crippen LogP contribution in [0.2, 0.25) is 0 Å². The van der Waals surface area contributed by atoms with Gasteiger partial charge in [-0.05, 0) is 51.4 Å². The molecule has 22 heavy (non-hydrogen) atoms. The summed E-state index contributed by atoms with van der Waals surface area (Å²) in [6, 6.07) is 0. The molecule has 0 bridgehead atoms. The highest BCUT2D eigenvalue weighted by atomic mass is 16.6. The SMILES string of the molecule is C=C(C)C1/C=C(/C(C)C)CC[C@]2(C)O[C@@H]2CC[C@H](C)CC1=O. The molecule has 1 aliphatic carbocycles. The molecule has 1 saturated heterocycles. The topological polar surface area (TPSA) is 29.6 Å². The maximum Gasteiger partial charge on any atom is 0.144 e. The van der Waals surface area contributed by atoms with Crippen LogP contribution in [0, 0.1) is 17.8 Å². The van der Waals surface area contributed by atoms with Crippen LogP contribution in [-0.4, -0.2) is 17.5 Å². The third-order valence-electron chi connectivity index (χ3n) is 5.42.